The number of likely N-dealkylation sites (tertiary alicyclic amines) is 1. The summed E-state index contributed by atoms with van der Waals surface area (Å²) in [7, 11) is 0. The van der Waals surface area contributed by atoms with E-state index in [2.05, 4.69) is 23.2 Å². The van der Waals surface area contributed by atoms with Gasteiger partial charge in [-0.05, 0) is 56.0 Å². The molecule has 0 spiro atoms. The van der Waals surface area contributed by atoms with Gasteiger partial charge in [-0.1, -0.05) is 31.2 Å². The fourth-order valence-corrected chi connectivity index (χ4v) is 3.46. The molecule has 1 fully saturated rings. The highest BCUT2D eigenvalue weighted by Gasteiger charge is 2.23. The van der Waals surface area contributed by atoms with Crippen molar-refractivity contribution in [3.05, 3.63) is 54.1 Å². The molecule has 1 N–H and O–H groups in total. The van der Waals surface area contributed by atoms with Crippen molar-refractivity contribution in [1.29, 1.82) is 0 Å². The second-order valence-corrected chi connectivity index (χ2v) is 7.08. The molecule has 1 heterocycles. The lowest BCUT2D eigenvalue weighted by molar-refractivity contribution is -0.117. The third-order valence-corrected chi connectivity index (χ3v) is 4.96. The van der Waals surface area contributed by atoms with Crippen molar-refractivity contribution in [2.45, 2.75) is 39.2 Å². The molecule has 0 aromatic heterocycles. The summed E-state index contributed by atoms with van der Waals surface area (Å²) >= 11 is 0. The number of carbonyl (C=O) groups excluding carboxylic acids is 1. The van der Waals surface area contributed by atoms with E-state index in [1.54, 1.807) is 0 Å². The highest BCUT2D eigenvalue weighted by molar-refractivity contribution is 5.92. The van der Waals surface area contributed by atoms with Gasteiger partial charge in [0, 0.05) is 18.8 Å². The van der Waals surface area contributed by atoms with E-state index in [-0.39, 0.29) is 12.0 Å². The van der Waals surface area contributed by atoms with Crippen LogP contribution in [0.5, 0.6) is 11.5 Å². The van der Waals surface area contributed by atoms with Gasteiger partial charge >= 0.3 is 0 Å². The van der Waals surface area contributed by atoms with Crippen LogP contribution in [0.15, 0.2) is 48.5 Å². The van der Waals surface area contributed by atoms with Crippen LogP contribution in [0.3, 0.4) is 0 Å². The van der Waals surface area contributed by atoms with Crippen molar-refractivity contribution < 1.29 is 14.3 Å². The molecule has 1 aliphatic rings. The van der Waals surface area contributed by atoms with Crippen LogP contribution in [0.2, 0.25) is 0 Å². The Bertz CT molecular complexity index is 770. The molecule has 0 unspecified atom stereocenters. The number of nitrogens with one attached hydrogen (secondary N) is 1. The third kappa shape index (κ3) is 5.73. The summed E-state index contributed by atoms with van der Waals surface area (Å²) in [5, 5.41) is 3.01. The number of nitrogens with zero attached hydrogens (tertiary/aromatic N) is 1. The number of piperidine rings is 1. The SMILES string of the molecule is CCOc1ccccc1OC1CCN(CC(=O)Nc2cccc(CC)c2)CC1. The zero-order chi connectivity index (χ0) is 19.8. The number of amides is 1. The first-order chi connectivity index (χ1) is 13.7. The van der Waals surface area contributed by atoms with Crippen LogP contribution in [0.1, 0.15) is 32.3 Å². The fourth-order valence-electron chi connectivity index (χ4n) is 3.46. The Morgan fingerprint density at radius 3 is 2.54 bits per heavy atom. The number of hydrogen-bond acceptors (Lipinski definition) is 4. The van der Waals surface area contributed by atoms with E-state index < -0.39 is 0 Å². The van der Waals surface area contributed by atoms with Gasteiger partial charge in [-0.15, -0.1) is 0 Å². The van der Waals surface area contributed by atoms with Crippen LogP contribution in [-0.2, 0) is 11.2 Å². The number of rotatable bonds is 8. The maximum Gasteiger partial charge on any atom is 0.238 e. The second kappa shape index (κ2) is 10.1. The lowest BCUT2D eigenvalue weighted by atomic mass is 10.1. The van der Waals surface area contributed by atoms with Gasteiger partial charge in [-0.3, -0.25) is 9.69 Å². The molecule has 1 amide bonds. The van der Waals surface area contributed by atoms with Gasteiger partial charge in [0.1, 0.15) is 6.10 Å². The normalized spacial score (nSPS) is 15.2. The minimum Gasteiger partial charge on any atom is -0.490 e. The molecule has 0 saturated carbocycles. The molecule has 3 rings (SSSR count). The van der Waals surface area contributed by atoms with Crippen LogP contribution in [0.4, 0.5) is 5.69 Å². The highest BCUT2D eigenvalue weighted by atomic mass is 16.5. The van der Waals surface area contributed by atoms with Crippen molar-refractivity contribution >= 4 is 11.6 Å². The third-order valence-electron chi connectivity index (χ3n) is 4.96. The zero-order valence-corrected chi connectivity index (χ0v) is 16.8. The van der Waals surface area contributed by atoms with E-state index in [1.165, 1.54) is 5.56 Å². The first-order valence-electron chi connectivity index (χ1n) is 10.2. The average Bonchev–Trinajstić information content (AvgIpc) is 2.71. The molecule has 28 heavy (non-hydrogen) atoms. The minimum atomic E-state index is 0.0364. The number of carbonyl (C=O) groups is 1. The maximum absolute atomic E-state index is 12.4. The van der Waals surface area contributed by atoms with Gasteiger partial charge in [-0.25, -0.2) is 0 Å². The lowest BCUT2D eigenvalue weighted by Crippen LogP contribution is -2.42. The first-order valence-corrected chi connectivity index (χ1v) is 10.2. The lowest BCUT2D eigenvalue weighted by Gasteiger charge is -2.32. The minimum absolute atomic E-state index is 0.0364. The van der Waals surface area contributed by atoms with Crippen molar-refractivity contribution in [3.63, 3.8) is 0 Å². The number of aryl methyl sites for hydroxylation is 1. The van der Waals surface area contributed by atoms with E-state index in [1.807, 2.05) is 49.4 Å². The summed E-state index contributed by atoms with van der Waals surface area (Å²) in [5.41, 5.74) is 2.10. The largest absolute Gasteiger partial charge is 0.490 e. The van der Waals surface area contributed by atoms with E-state index in [9.17, 15) is 4.79 Å². The molecular formula is C23H30N2O3. The van der Waals surface area contributed by atoms with Crippen LogP contribution in [0.25, 0.3) is 0 Å². The predicted octanol–water partition coefficient (Wildman–Crippen LogP) is 4.13. The molecule has 1 saturated heterocycles. The second-order valence-electron chi connectivity index (χ2n) is 7.08. The Morgan fingerprint density at radius 2 is 1.82 bits per heavy atom. The average molecular weight is 383 g/mol. The fraction of sp³-hybridized carbons (Fsp3) is 0.435. The quantitative estimate of drug-likeness (QED) is 0.746. The van der Waals surface area contributed by atoms with E-state index in [0.717, 1.165) is 49.5 Å². The Kier molecular flexibility index (Phi) is 7.31. The number of para-hydroxylation sites is 2. The molecule has 0 aliphatic carbocycles. The molecule has 0 radical (unpaired) electrons. The van der Waals surface area contributed by atoms with Crippen LogP contribution < -0.4 is 14.8 Å². The van der Waals surface area contributed by atoms with Crippen LogP contribution >= 0.6 is 0 Å². The van der Waals surface area contributed by atoms with Gasteiger partial charge in [0.15, 0.2) is 11.5 Å². The van der Waals surface area contributed by atoms with E-state index in [4.69, 9.17) is 9.47 Å². The van der Waals surface area contributed by atoms with E-state index >= 15 is 0 Å². The van der Waals surface area contributed by atoms with Gasteiger partial charge in [0.25, 0.3) is 0 Å². The monoisotopic (exact) mass is 382 g/mol. The van der Waals surface area contributed by atoms with Crippen molar-refractivity contribution in [1.82, 2.24) is 4.90 Å². The van der Waals surface area contributed by atoms with Crippen molar-refractivity contribution in [2.24, 2.45) is 0 Å². The molecule has 2 aromatic carbocycles. The van der Waals surface area contributed by atoms with E-state index in [0.29, 0.717) is 13.2 Å². The zero-order valence-electron chi connectivity index (χ0n) is 16.8. The van der Waals surface area contributed by atoms with Gasteiger partial charge in [0.2, 0.25) is 5.91 Å². The predicted molar refractivity (Wildman–Crippen MR) is 112 cm³/mol. The first kappa shape index (κ1) is 20.2. The summed E-state index contributed by atoms with van der Waals surface area (Å²) in [6.45, 7) is 6.82. The molecule has 150 valence electrons. The molecular weight excluding hydrogens is 352 g/mol. The van der Waals surface area contributed by atoms with Crippen molar-refractivity contribution in [3.8, 4) is 11.5 Å². The summed E-state index contributed by atoms with van der Waals surface area (Å²) in [6, 6.07) is 15.8. The molecule has 2 aromatic rings. The molecule has 5 nitrogen and oxygen atoms in total. The van der Waals surface area contributed by atoms with Gasteiger partial charge in [-0.2, -0.15) is 0 Å². The highest BCUT2D eigenvalue weighted by Crippen LogP contribution is 2.29. The number of benzene rings is 2. The molecule has 1 aliphatic heterocycles. The smallest absolute Gasteiger partial charge is 0.238 e. The number of anilines is 1. The molecule has 0 bridgehead atoms. The molecule has 5 heteroatoms. The summed E-state index contributed by atoms with van der Waals surface area (Å²) in [4.78, 5) is 14.6. The molecule has 0 atom stereocenters. The van der Waals surface area contributed by atoms with Gasteiger partial charge < -0.3 is 14.8 Å². The standard InChI is InChI=1S/C23H30N2O3/c1-3-18-8-7-9-19(16-18)24-23(26)17-25-14-12-20(13-15-25)28-22-11-6-5-10-21(22)27-4-2/h5-11,16,20H,3-4,12-15,17H2,1-2H3,(H,24,26). The van der Waals surface area contributed by atoms with Crippen LogP contribution in [-0.4, -0.2) is 43.2 Å². The van der Waals surface area contributed by atoms with Gasteiger partial charge in [0.05, 0.1) is 13.2 Å². The summed E-state index contributed by atoms with van der Waals surface area (Å²) in [6.07, 6.45) is 2.92. The number of hydrogen-bond donors (Lipinski definition) is 1. The summed E-state index contributed by atoms with van der Waals surface area (Å²) < 4.78 is 11.8. The topological polar surface area (TPSA) is 50.8 Å². The maximum atomic E-state index is 12.4. The van der Waals surface area contributed by atoms with Crippen molar-refractivity contribution in [2.75, 3.05) is 31.6 Å². The Labute approximate surface area is 167 Å². The Hall–Kier alpha value is -2.53. The summed E-state index contributed by atoms with van der Waals surface area (Å²) in [5.74, 6) is 1.63. The Morgan fingerprint density at radius 1 is 1.07 bits per heavy atom. The number of ether oxygens (including phenoxy) is 2. The Balaban J connectivity index is 1.45. The van der Waals surface area contributed by atoms with Crippen LogP contribution in [0, 0.1) is 0 Å².